The molecule has 2 heterocycles. The van der Waals surface area contributed by atoms with Crippen molar-refractivity contribution in [2.75, 3.05) is 0 Å². The number of aromatic nitrogens is 2. The highest BCUT2D eigenvalue weighted by Gasteiger charge is 2.10. The van der Waals surface area contributed by atoms with Crippen LogP contribution in [0.25, 0.3) is 22.4 Å². The van der Waals surface area contributed by atoms with Crippen molar-refractivity contribution in [3.05, 3.63) is 89.3 Å². The van der Waals surface area contributed by atoms with Crippen LogP contribution in [0.2, 0.25) is 0 Å². The average Bonchev–Trinajstić information content (AvgIpc) is 3.11. The normalized spacial score (nSPS) is 11.9. The van der Waals surface area contributed by atoms with Crippen molar-refractivity contribution >= 4 is 17.0 Å². The van der Waals surface area contributed by atoms with E-state index in [9.17, 15) is 0 Å². The van der Waals surface area contributed by atoms with Gasteiger partial charge in [0, 0.05) is 18.1 Å². The average molecular weight is 386 g/mol. The molecule has 0 fully saturated rings. The van der Waals surface area contributed by atoms with Crippen molar-refractivity contribution in [3.8, 4) is 22.4 Å². The fraction of sp³-hybridized carbons (Fsp3) is 0.167. The molecule has 4 aromatic rings. The molecule has 3 nitrogen and oxygen atoms in total. The van der Waals surface area contributed by atoms with Gasteiger partial charge >= 0.3 is 0 Å². The first-order valence-corrected chi connectivity index (χ1v) is 10.4. The van der Waals surface area contributed by atoms with Crippen molar-refractivity contribution in [2.24, 2.45) is 10.9 Å². The molecule has 2 aromatic heterocycles. The molecule has 0 unspecified atom stereocenters. The Hall–Kier alpha value is -2.98. The van der Waals surface area contributed by atoms with Crippen LogP contribution >= 0.6 is 11.3 Å². The molecule has 0 aliphatic carbocycles. The third kappa shape index (κ3) is 4.12. The smallest absolute Gasteiger partial charge is 0.190 e. The van der Waals surface area contributed by atoms with Crippen molar-refractivity contribution in [3.63, 3.8) is 0 Å². The van der Waals surface area contributed by atoms with Crippen LogP contribution in [0.15, 0.2) is 89.5 Å². The minimum absolute atomic E-state index is 0.532. The van der Waals surface area contributed by atoms with E-state index in [1.54, 1.807) is 23.7 Å². The lowest BCUT2D eigenvalue weighted by Crippen LogP contribution is -2.18. The Balaban J connectivity index is 1.74. The van der Waals surface area contributed by atoms with Gasteiger partial charge in [0.05, 0.1) is 17.6 Å². The van der Waals surface area contributed by atoms with Gasteiger partial charge in [-0.15, -0.1) is 11.3 Å². The van der Waals surface area contributed by atoms with E-state index in [0.717, 1.165) is 17.0 Å². The SMILES string of the molecule is CC(C)Cn1c(-c2ccc(-c3ccccc3)cc2)csc1=Nc1cccnc1. The lowest BCUT2D eigenvalue weighted by molar-refractivity contribution is 0.518. The predicted molar refractivity (Wildman–Crippen MR) is 117 cm³/mol. The van der Waals surface area contributed by atoms with E-state index in [1.165, 1.54) is 22.4 Å². The van der Waals surface area contributed by atoms with E-state index in [0.29, 0.717) is 5.92 Å². The van der Waals surface area contributed by atoms with Crippen LogP contribution in [0, 0.1) is 5.92 Å². The molecule has 4 rings (SSSR count). The molecule has 0 saturated heterocycles. The fourth-order valence-corrected chi connectivity index (χ4v) is 4.12. The van der Waals surface area contributed by atoms with Gasteiger partial charge < -0.3 is 4.57 Å². The number of rotatable bonds is 5. The zero-order chi connectivity index (χ0) is 19.3. The summed E-state index contributed by atoms with van der Waals surface area (Å²) in [4.78, 5) is 10.0. The maximum absolute atomic E-state index is 4.82. The molecule has 0 amide bonds. The van der Waals surface area contributed by atoms with E-state index in [4.69, 9.17) is 4.99 Å². The van der Waals surface area contributed by atoms with Crippen LogP contribution < -0.4 is 4.80 Å². The van der Waals surface area contributed by atoms with Crippen molar-refractivity contribution in [2.45, 2.75) is 20.4 Å². The third-order valence-corrected chi connectivity index (χ3v) is 5.37. The van der Waals surface area contributed by atoms with Crippen molar-refractivity contribution in [1.29, 1.82) is 0 Å². The Morgan fingerprint density at radius 1 is 0.893 bits per heavy atom. The molecular weight excluding hydrogens is 362 g/mol. The number of thiazole rings is 1. The number of hydrogen-bond donors (Lipinski definition) is 0. The van der Waals surface area contributed by atoms with Gasteiger partial charge in [-0.25, -0.2) is 4.99 Å². The summed E-state index contributed by atoms with van der Waals surface area (Å²) in [5, 5.41) is 2.20. The second-order valence-electron chi connectivity index (χ2n) is 7.17. The van der Waals surface area contributed by atoms with Crippen LogP contribution in [-0.4, -0.2) is 9.55 Å². The number of nitrogens with zero attached hydrogens (tertiary/aromatic N) is 3. The van der Waals surface area contributed by atoms with Gasteiger partial charge in [-0.05, 0) is 34.7 Å². The molecule has 0 spiro atoms. The molecule has 0 atom stereocenters. The monoisotopic (exact) mass is 385 g/mol. The largest absolute Gasteiger partial charge is 0.316 e. The van der Waals surface area contributed by atoms with Crippen LogP contribution in [-0.2, 0) is 6.54 Å². The summed E-state index contributed by atoms with van der Waals surface area (Å²) in [6.45, 7) is 5.40. The highest BCUT2D eigenvalue weighted by atomic mass is 32.1. The first-order valence-electron chi connectivity index (χ1n) is 9.49. The fourth-order valence-electron chi connectivity index (χ4n) is 3.19. The van der Waals surface area contributed by atoms with Crippen LogP contribution in [0.5, 0.6) is 0 Å². The number of pyridine rings is 1. The maximum Gasteiger partial charge on any atom is 0.190 e. The summed E-state index contributed by atoms with van der Waals surface area (Å²) in [5.74, 6) is 0.532. The molecule has 0 radical (unpaired) electrons. The summed E-state index contributed by atoms with van der Waals surface area (Å²) in [7, 11) is 0. The summed E-state index contributed by atoms with van der Waals surface area (Å²) >= 11 is 1.68. The Bertz CT molecular complexity index is 1090. The lowest BCUT2D eigenvalue weighted by atomic mass is 10.0. The lowest BCUT2D eigenvalue weighted by Gasteiger charge is -2.12. The van der Waals surface area contributed by atoms with Gasteiger partial charge in [0.25, 0.3) is 0 Å². The quantitative estimate of drug-likeness (QED) is 0.404. The standard InChI is InChI=1S/C24H23N3S/c1-18(2)16-27-23(17-28-24(27)26-22-9-6-14-25-15-22)21-12-10-20(11-13-21)19-7-4-3-5-8-19/h3-15,17-18H,16H2,1-2H3. The Morgan fingerprint density at radius 2 is 1.61 bits per heavy atom. The molecule has 4 heteroatoms. The molecule has 28 heavy (non-hydrogen) atoms. The second-order valence-corrected chi connectivity index (χ2v) is 8.01. The maximum atomic E-state index is 4.82. The number of hydrogen-bond acceptors (Lipinski definition) is 3. The molecule has 0 N–H and O–H groups in total. The zero-order valence-electron chi connectivity index (χ0n) is 16.1. The third-order valence-electron chi connectivity index (χ3n) is 4.50. The van der Waals surface area contributed by atoms with Gasteiger partial charge in [-0.3, -0.25) is 4.98 Å². The van der Waals surface area contributed by atoms with E-state index >= 15 is 0 Å². The first-order chi connectivity index (χ1) is 13.7. The van der Waals surface area contributed by atoms with Crippen molar-refractivity contribution < 1.29 is 0 Å². The zero-order valence-corrected chi connectivity index (χ0v) is 16.9. The second kappa shape index (κ2) is 8.36. The minimum atomic E-state index is 0.532. The highest BCUT2D eigenvalue weighted by Crippen LogP contribution is 2.26. The van der Waals surface area contributed by atoms with Gasteiger partial charge in [-0.2, -0.15) is 0 Å². The van der Waals surface area contributed by atoms with Gasteiger partial charge in [0.15, 0.2) is 4.80 Å². The number of benzene rings is 2. The highest BCUT2D eigenvalue weighted by molar-refractivity contribution is 7.07. The van der Waals surface area contributed by atoms with E-state index in [1.807, 2.05) is 18.2 Å². The Labute approximate surface area is 169 Å². The van der Waals surface area contributed by atoms with Crippen molar-refractivity contribution in [1.82, 2.24) is 9.55 Å². The molecule has 0 bridgehead atoms. The summed E-state index contributed by atoms with van der Waals surface area (Å²) < 4.78 is 2.32. The van der Waals surface area contributed by atoms with Crippen LogP contribution in [0.1, 0.15) is 13.8 Å². The molecule has 140 valence electrons. The Kier molecular flexibility index (Phi) is 5.49. The summed E-state index contributed by atoms with van der Waals surface area (Å²) in [6.07, 6.45) is 3.57. The first kappa shape index (κ1) is 18.4. The van der Waals surface area contributed by atoms with Gasteiger partial charge in [0.2, 0.25) is 0 Å². The Morgan fingerprint density at radius 3 is 2.29 bits per heavy atom. The summed E-state index contributed by atoms with van der Waals surface area (Å²) in [5.41, 5.74) is 5.77. The molecule has 2 aromatic carbocycles. The predicted octanol–water partition coefficient (Wildman–Crippen LogP) is 6.17. The van der Waals surface area contributed by atoms with Crippen LogP contribution in [0.4, 0.5) is 5.69 Å². The minimum Gasteiger partial charge on any atom is -0.316 e. The molecule has 0 aliphatic heterocycles. The van der Waals surface area contributed by atoms with Gasteiger partial charge in [0.1, 0.15) is 0 Å². The molecule has 0 saturated carbocycles. The molecular formula is C24H23N3S. The van der Waals surface area contributed by atoms with E-state index in [2.05, 4.69) is 77.3 Å². The van der Waals surface area contributed by atoms with Gasteiger partial charge in [-0.1, -0.05) is 68.4 Å². The van der Waals surface area contributed by atoms with E-state index in [-0.39, 0.29) is 0 Å². The topological polar surface area (TPSA) is 30.2 Å². The van der Waals surface area contributed by atoms with Crippen LogP contribution in [0.3, 0.4) is 0 Å². The molecule has 0 aliphatic rings. The van der Waals surface area contributed by atoms with E-state index < -0.39 is 0 Å². The summed E-state index contributed by atoms with van der Waals surface area (Å²) in [6, 6.07) is 23.2.